The van der Waals surface area contributed by atoms with E-state index < -0.39 is 5.97 Å². The lowest BCUT2D eigenvalue weighted by molar-refractivity contribution is -0.122. The Morgan fingerprint density at radius 3 is 2.68 bits per heavy atom. The van der Waals surface area contributed by atoms with E-state index in [1.54, 1.807) is 17.8 Å². The average molecular weight is 388 g/mol. The second-order valence-corrected chi connectivity index (χ2v) is 7.11. The van der Waals surface area contributed by atoms with Crippen molar-refractivity contribution in [1.29, 1.82) is 0 Å². The van der Waals surface area contributed by atoms with E-state index in [-0.39, 0.29) is 30.7 Å². The molecular weight excluding hydrogens is 364 g/mol. The van der Waals surface area contributed by atoms with Gasteiger partial charge in [-0.25, -0.2) is 9.78 Å². The number of tetrazole rings is 1. The summed E-state index contributed by atoms with van der Waals surface area (Å²) in [4.78, 5) is 28.3. The Hall–Kier alpha value is -2.88. The number of aliphatic hydroxyl groups is 1. The number of nitrogens with one attached hydrogen (secondary N) is 1. The quantitative estimate of drug-likeness (QED) is 0.632. The molecule has 1 fully saturated rings. The van der Waals surface area contributed by atoms with Crippen molar-refractivity contribution in [2.45, 2.75) is 51.6 Å². The summed E-state index contributed by atoms with van der Waals surface area (Å²) in [5.74, 6) is -0.443. The first kappa shape index (κ1) is 19.9. The summed E-state index contributed by atoms with van der Waals surface area (Å²) in [7, 11) is 0. The summed E-state index contributed by atoms with van der Waals surface area (Å²) < 4.78 is 0. The predicted molar refractivity (Wildman–Crippen MR) is 98.3 cm³/mol. The summed E-state index contributed by atoms with van der Waals surface area (Å²) in [6.07, 6.45) is 3.80. The van der Waals surface area contributed by atoms with E-state index >= 15 is 0 Å². The minimum atomic E-state index is -1.10. The average Bonchev–Trinajstić information content (AvgIpc) is 3.11. The molecule has 10 heteroatoms. The van der Waals surface area contributed by atoms with E-state index in [0.717, 1.165) is 25.7 Å². The number of pyridine rings is 1. The molecule has 2 aromatic rings. The molecule has 2 heterocycles. The zero-order chi connectivity index (χ0) is 20.1. The van der Waals surface area contributed by atoms with Crippen molar-refractivity contribution < 1.29 is 19.8 Å². The van der Waals surface area contributed by atoms with E-state index in [1.807, 2.05) is 0 Å². The molecule has 10 nitrogen and oxygen atoms in total. The summed E-state index contributed by atoms with van der Waals surface area (Å²) in [5.41, 5.74) is 1.10. The van der Waals surface area contributed by atoms with Crippen LogP contribution < -0.4 is 5.32 Å². The highest BCUT2D eigenvalue weighted by atomic mass is 16.4. The highest BCUT2D eigenvalue weighted by Gasteiger charge is 2.23. The van der Waals surface area contributed by atoms with E-state index in [0.29, 0.717) is 29.5 Å². The standard InChI is InChI=1S/C18H24N6O4/c1-11-8-13(9-15(19-11)18(27)28)17-21-23-24(22-17)10-12-2-4-14(5-3-12)20-16(26)6-7-25/h8-9,12,14,25H,2-7,10H2,1H3,(H,20,26)(H,27,28)/t12-,14-. The molecule has 0 aliphatic heterocycles. The smallest absolute Gasteiger partial charge is 0.354 e. The summed E-state index contributed by atoms with van der Waals surface area (Å²) >= 11 is 0. The topological polar surface area (TPSA) is 143 Å². The van der Waals surface area contributed by atoms with Crippen molar-refractivity contribution in [2.75, 3.05) is 6.61 Å². The van der Waals surface area contributed by atoms with Crippen molar-refractivity contribution in [3.05, 3.63) is 23.5 Å². The van der Waals surface area contributed by atoms with Crippen molar-refractivity contribution >= 4 is 11.9 Å². The van der Waals surface area contributed by atoms with Crippen LogP contribution in [0.3, 0.4) is 0 Å². The van der Waals surface area contributed by atoms with Crippen LogP contribution in [-0.2, 0) is 11.3 Å². The molecule has 3 N–H and O–H groups in total. The Labute approximate surface area is 162 Å². The minimum Gasteiger partial charge on any atom is -0.477 e. The molecule has 0 spiro atoms. The van der Waals surface area contributed by atoms with Crippen LogP contribution in [-0.4, -0.2) is 59.9 Å². The van der Waals surface area contributed by atoms with Gasteiger partial charge in [0.2, 0.25) is 11.7 Å². The van der Waals surface area contributed by atoms with E-state index in [2.05, 4.69) is 25.7 Å². The highest BCUT2D eigenvalue weighted by Crippen LogP contribution is 2.25. The third-order valence-electron chi connectivity index (χ3n) is 4.86. The number of aromatic carboxylic acids is 1. The van der Waals surface area contributed by atoms with E-state index in [4.69, 9.17) is 10.2 Å². The van der Waals surface area contributed by atoms with Gasteiger partial charge in [0.25, 0.3) is 0 Å². The van der Waals surface area contributed by atoms with E-state index in [9.17, 15) is 9.59 Å². The van der Waals surface area contributed by atoms with Gasteiger partial charge in [0.05, 0.1) is 13.2 Å². The molecule has 0 atom stereocenters. The first-order chi connectivity index (χ1) is 13.4. The molecule has 1 amide bonds. The normalized spacial score (nSPS) is 19.4. The molecule has 28 heavy (non-hydrogen) atoms. The number of aromatic nitrogens is 5. The summed E-state index contributed by atoms with van der Waals surface area (Å²) in [6, 6.07) is 3.33. The largest absolute Gasteiger partial charge is 0.477 e. The SMILES string of the molecule is Cc1cc(-c2nnn(C[C@H]3CC[C@H](NC(=O)CCO)CC3)n2)cc(C(=O)O)n1. The number of carboxylic acid groups (broad SMARTS) is 1. The Kier molecular flexibility index (Phi) is 6.30. The molecule has 1 saturated carbocycles. The van der Waals surface area contributed by atoms with Gasteiger partial charge in [0.15, 0.2) is 0 Å². The lowest BCUT2D eigenvalue weighted by Crippen LogP contribution is -2.38. The van der Waals surface area contributed by atoms with Gasteiger partial charge in [-0.2, -0.15) is 4.80 Å². The van der Waals surface area contributed by atoms with Crippen molar-refractivity contribution in [3.63, 3.8) is 0 Å². The number of carbonyl (C=O) groups excluding carboxylic acids is 1. The zero-order valence-electron chi connectivity index (χ0n) is 15.7. The first-order valence-electron chi connectivity index (χ1n) is 9.35. The van der Waals surface area contributed by atoms with Crippen molar-refractivity contribution in [1.82, 2.24) is 30.5 Å². The highest BCUT2D eigenvalue weighted by molar-refractivity contribution is 5.86. The summed E-state index contributed by atoms with van der Waals surface area (Å²) in [5, 5.41) is 33.4. The number of rotatable bonds is 7. The molecular formula is C18H24N6O4. The molecule has 0 unspecified atom stereocenters. The van der Waals surface area contributed by atoms with Gasteiger partial charge in [0, 0.05) is 23.7 Å². The molecule has 1 aliphatic rings. The van der Waals surface area contributed by atoms with Crippen LogP contribution >= 0.6 is 0 Å². The molecule has 2 aromatic heterocycles. The Morgan fingerprint density at radius 2 is 2.00 bits per heavy atom. The maximum absolute atomic E-state index is 11.6. The third-order valence-corrected chi connectivity index (χ3v) is 4.86. The molecule has 1 aliphatic carbocycles. The van der Waals surface area contributed by atoms with Crippen LogP contribution in [0.4, 0.5) is 0 Å². The molecule has 0 saturated heterocycles. The fraction of sp³-hybridized carbons (Fsp3) is 0.556. The van der Waals surface area contributed by atoms with Crippen LogP contribution in [0, 0.1) is 12.8 Å². The maximum Gasteiger partial charge on any atom is 0.354 e. The van der Waals surface area contributed by atoms with Gasteiger partial charge in [0.1, 0.15) is 5.69 Å². The second-order valence-electron chi connectivity index (χ2n) is 7.11. The van der Waals surface area contributed by atoms with Crippen LogP contribution in [0.15, 0.2) is 12.1 Å². The molecule has 0 bridgehead atoms. The fourth-order valence-electron chi connectivity index (χ4n) is 3.47. The van der Waals surface area contributed by atoms with Gasteiger partial charge < -0.3 is 15.5 Å². The van der Waals surface area contributed by atoms with Crippen molar-refractivity contribution in [2.24, 2.45) is 5.92 Å². The van der Waals surface area contributed by atoms with Crippen LogP contribution in [0.1, 0.15) is 48.3 Å². The van der Waals surface area contributed by atoms with Gasteiger partial charge in [-0.05, 0) is 55.9 Å². The number of hydrogen-bond donors (Lipinski definition) is 3. The Morgan fingerprint density at radius 1 is 1.25 bits per heavy atom. The van der Waals surface area contributed by atoms with Gasteiger partial charge in [-0.1, -0.05) is 0 Å². The predicted octanol–water partition coefficient (Wildman–Crippen LogP) is 0.799. The number of hydrogen-bond acceptors (Lipinski definition) is 7. The zero-order valence-corrected chi connectivity index (χ0v) is 15.7. The Bertz CT molecular complexity index is 844. The van der Waals surface area contributed by atoms with Crippen LogP contribution in [0.2, 0.25) is 0 Å². The second kappa shape index (κ2) is 8.87. The van der Waals surface area contributed by atoms with Gasteiger partial charge in [-0.15, -0.1) is 10.2 Å². The van der Waals surface area contributed by atoms with Crippen molar-refractivity contribution in [3.8, 4) is 11.4 Å². The third kappa shape index (κ3) is 5.10. The Balaban J connectivity index is 1.57. The molecule has 3 rings (SSSR count). The lowest BCUT2D eigenvalue weighted by Gasteiger charge is -2.28. The molecule has 0 radical (unpaired) electrons. The minimum absolute atomic E-state index is 0.0482. The first-order valence-corrected chi connectivity index (χ1v) is 9.35. The number of nitrogens with zero attached hydrogens (tertiary/aromatic N) is 5. The lowest BCUT2D eigenvalue weighted by atomic mass is 9.86. The number of carbonyl (C=O) groups is 2. The van der Waals surface area contributed by atoms with Crippen LogP contribution in [0.25, 0.3) is 11.4 Å². The molecule has 0 aromatic carbocycles. The number of aliphatic hydroxyl groups excluding tert-OH is 1. The summed E-state index contributed by atoms with van der Waals surface area (Å²) in [6.45, 7) is 2.21. The molecule has 150 valence electrons. The van der Waals surface area contributed by atoms with Crippen LogP contribution in [0.5, 0.6) is 0 Å². The van der Waals surface area contributed by atoms with Gasteiger partial charge in [-0.3, -0.25) is 4.79 Å². The number of carboxylic acids is 1. The van der Waals surface area contributed by atoms with Gasteiger partial charge >= 0.3 is 5.97 Å². The number of aryl methyl sites for hydroxylation is 1. The number of amides is 1. The monoisotopic (exact) mass is 388 g/mol. The fourth-order valence-corrected chi connectivity index (χ4v) is 3.47. The maximum atomic E-state index is 11.6. The van der Waals surface area contributed by atoms with E-state index in [1.165, 1.54) is 6.07 Å².